The third kappa shape index (κ3) is 4.24. The lowest BCUT2D eigenvalue weighted by Crippen LogP contribution is -2.18. The van der Waals surface area contributed by atoms with E-state index in [1.54, 1.807) is 0 Å². The molecule has 0 aliphatic rings. The molecule has 1 aromatic carbocycles. The minimum atomic E-state index is -0.853. The fourth-order valence-corrected chi connectivity index (χ4v) is 1.60. The predicted octanol–water partition coefficient (Wildman–Crippen LogP) is 2.39. The summed E-state index contributed by atoms with van der Waals surface area (Å²) < 4.78 is 9.47. The summed E-state index contributed by atoms with van der Waals surface area (Å²) in [6, 6.07) is 9.40. The third-order valence-corrected chi connectivity index (χ3v) is 2.63. The maximum absolute atomic E-state index is 11.7. The lowest BCUT2D eigenvalue weighted by atomic mass is 10.3. The van der Waals surface area contributed by atoms with Gasteiger partial charge < -0.3 is 9.47 Å². The zero-order valence-electron chi connectivity index (χ0n) is 11.9. The Labute approximate surface area is 130 Å². The molecule has 0 saturated carbocycles. The number of ether oxygens (including phenoxy) is 2. The van der Waals surface area contributed by atoms with E-state index in [4.69, 9.17) is 4.74 Å². The average Bonchev–Trinajstić information content (AvgIpc) is 2.54. The number of nitrogens with one attached hydrogen (secondary N) is 1. The topological polar surface area (TPSA) is 121 Å². The lowest BCUT2D eigenvalue weighted by Gasteiger charge is -2.06. The van der Waals surface area contributed by atoms with E-state index in [0.717, 1.165) is 0 Å². The van der Waals surface area contributed by atoms with Crippen LogP contribution in [0.2, 0.25) is 0 Å². The number of rotatable bonds is 4. The van der Waals surface area contributed by atoms with Crippen LogP contribution in [0.3, 0.4) is 0 Å². The first-order valence-corrected chi connectivity index (χ1v) is 6.28. The Morgan fingerprint density at radius 1 is 1.17 bits per heavy atom. The quantitative estimate of drug-likeness (QED) is 0.522. The number of hydrogen-bond donors (Lipinski definition) is 1. The number of esters is 1. The number of methoxy groups -OCH3 is 1. The number of carbonyl (C=O) groups excluding carboxylic acids is 2. The van der Waals surface area contributed by atoms with E-state index < -0.39 is 17.0 Å². The number of nitrogens with zero attached hydrogens (tertiary/aromatic N) is 2. The van der Waals surface area contributed by atoms with Crippen LogP contribution in [0.5, 0.6) is 5.75 Å². The van der Waals surface area contributed by atoms with Gasteiger partial charge >= 0.3 is 12.1 Å². The highest BCUT2D eigenvalue weighted by molar-refractivity contribution is 5.89. The molecule has 23 heavy (non-hydrogen) atoms. The third-order valence-electron chi connectivity index (χ3n) is 2.63. The number of amides is 1. The van der Waals surface area contributed by atoms with E-state index in [1.165, 1.54) is 49.6 Å². The van der Waals surface area contributed by atoms with Gasteiger partial charge in [-0.25, -0.2) is 14.6 Å². The zero-order valence-corrected chi connectivity index (χ0v) is 11.9. The van der Waals surface area contributed by atoms with Crippen molar-refractivity contribution < 1.29 is 24.0 Å². The van der Waals surface area contributed by atoms with Crippen LogP contribution in [0, 0.1) is 10.1 Å². The molecule has 0 bridgehead atoms. The average molecular weight is 317 g/mol. The second-order valence-corrected chi connectivity index (χ2v) is 4.17. The SMILES string of the molecule is COC(=O)c1cccc(NC(=O)Oc2ccc([N+](=O)[O-])cc2)n1. The van der Waals surface area contributed by atoms with Gasteiger partial charge in [0.2, 0.25) is 0 Å². The molecule has 0 radical (unpaired) electrons. The number of non-ortho nitro benzene ring substituents is 1. The first kappa shape index (κ1) is 15.9. The fraction of sp³-hybridized carbons (Fsp3) is 0.0714. The normalized spacial score (nSPS) is 9.78. The molecule has 0 spiro atoms. The van der Waals surface area contributed by atoms with Crippen LogP contribution in [0.15, 0.2) is 42.5 Å². The number of hydrogen-bond acceptors (Lipinski definition) is 7. The first-order chi connectivity index (χ1) is 11.0. The molecular formula is C14H11N3O6. The maximum Gasteiger partial charge on any atom is 0.418 e. The van der Waals surface area contributed by atoms with Crippen molar-refractivity contribution in [3.05, 3.63) is 58.3 Å². The Morgan fingerprint density at radius 2 is 1.87 bits per heavy atom. The number of nitro benzene ring substituents is 1. The minimum absolute atomic E-state index is 0.0284. The molecule has 1 amide bonds. The number of anilines is 1. The van der Waals surface area contributed by atoms with Gasteiger partial charge in [-0.3, -0.25) is 15.4 Å². The van der Waals surface area contributed by atoms with E-state index in [2.05, 4.69) is 15.0 Å². The second-order valence-electron chi connectivity index (χ2n) is 4.17. The summed E-state index contributed by atoms with van der Waals surface area (Å²) in [6.07, 6.45) is -0.853. The Hall–Kier alpha value is -3.49. The van der Waals surface area contributed by atoms with Crippen LogP contribution < -0.4 is 10.1 Å². The Morgan fingerprint density at radius 3 is 2.48 bits per heavy atom. The summed E-state index contributed by atoms with van der Waals surface area (Å²) >= 11 is 0. The molecule has 0 atom stereocenters. The van der Waals surface area contributed by atoms with Gasteiger partial charge in [-0.2, -0.15) is 0 Å². The van der Waals surface area contributed by atoms with Crippen molar-refractivity contribution in [3.63, 3.8) is 0 Å². The highest BCUT2D eigenvalue weighted by atomic mass is 16.6. The molecule has 1 heterocycles. The molecule has 2 aromatic rings. The molecule has 9 heteroatoms. The van der Waals surface area contributed by atoms with Gasteiger partial charge in [-0.1, -0.05) is 6.07 Å². The highest BCUT2D eigenvalue weighted by Crippen LogP contribution is 2.17. The van der Waals surface area contributed by atoms with Crippen LogP contribution >= 0.6 is 0 Å². The molecule has 118 valence electrons. The highest BCUT2D eigenvalue weighted by Gasteiger charge is 2.11. The van der Waals surface area contributed by atoms with Crippen LogP contribution in [-0.4, -0.2) is 29.1 Å². The fourth-order valence-electron chi connectivity index (χ4n) is 1.60. The Kier molecular flexibility index (Phi) is 4.82. The van der Waals surface area contributed by atoms with Gasteiger partial charge in [0, 0.05) is 12.1 Å². The van der Waals surface area contributed by atoms with Crippen molar-refractivity contribution in [2.75, 3.05) is 12.4 Å². The van der Waals surface area contributed by atoms with Gasteiger partial charge in [0.05, 0.1) is 12.0 Å². The number of pyridine rings is 1. The van der Waals surface area contributed by atoms with E-state index in [9.17, 15) is 19.7 Å². The molecule has 9 nitrogen and oxygen atoms in total. The van der Waals surface area contributed by atoms with Crippen LogP contribution in [0.1, 0.15) is 10.5 Å². The van der Waals surface area contributed by atoms with Crippen molar-refractivity contribution in [1.29, 1.82) is 0 Å². The molecule has 1 N–H and O–H groups in total. The van der Waals surface area contributed by atoms with Gasteiger partial charge in [0.1, 0.15) is 11.6 Å². The Balaban J connectivity index is 2.02. The summed E-state index contributed by atoms with van der Waals surface area (Å²) in [6.45, 7) is 0. The monoisotopic (exact) mass is 317 g/mol. The van der Waals surface area contributed by atoms with Crippen molar-refractivity contribution in [2.24, 2.45) is 0 Å². The van der Waals surface area contributed by atoms with Crippen molar-refractivity contribution in [2.45, 2.75) is 0 Å². The molecule has 0 fully saturated rings. The number of carbonyl (C=O) groups is 2. The van der Waals surface area contributed by atoms with Crippen molar-refractivity contribution in [1.82, 2.24) is 4.98 Å². The molecular weight excluding hydrogens is 306 g/mol. The van der Waals surface area contributed by atoms with E-state index in [0.29, 0.717) is 0 Å². The van der Waals surface area contributed by atoms with Crippen LogP contribution in [-0.2, 0) is 4.74 Å². The summed E-state index contributed by atoms with van der Waals surface area (Å²) in [5, 5.41) is 12.9. The summed E-state index contributed by atoms with van der Waals surface area (Å²) in [5.41, 5.74) is -0.0918. The molecule has 1 aromatic heterocycles. The first-order valence-electron chi connectivity index (χ1n) is 6.28. The molecule has 2 rings (SSSR count). The van der Waals surface area contributed by atoms with Gasteiger partial charge in [0.15, 0.2) is 5.69 Å². The molecule has 0 aliphatic heterocycles. The number of nitro groups is 1. The number of aromatic nitrogens is 1. The van der Waals surface area contributed by atoms with Gasteiger partial charge in [-0.05, 0) is 24.3 Å². The van der Waals surface area contributed by atoms with E-state index in [-0.39, 0.29) is 22.9 Å². The smallest absolute Gasteiger partial charge is 0.418 e. The summed E-state index contributed by atoms with van der Waals surface area (Å²) in [4.78, 5) is 36.9. The second kappa shape index (κ2) is 6.98. The molecule has 0 saturated heterocycles. The van der Waals surface area contributed by atoms with Crippen molar-refractivity contribution in [3.8, 4) is 5.75 Å². The van der Waals surface area contributed by atoms with Gasteiger partial charge in [-0.15, -0.1) is 0 Å². The molecule has 0 unspecified atom stereocenters. The van der Waals surface area contributed by atoms with Crippen LogP contribution in [0.4, 0.5) is 16.3 Å². The minimum Gasteiger partial charge on any atom is -0.464 e. The Bertz CT molecular complexity index is 744. The van der Waals surface area contributed by atoms with Crippen molar-refractivity contribution >= 4 is 23.6 Å². The van der Waals surface area contributed by atoms with E-state index >= 15 is 0 Å². The number of benzene rings is 1. The predicted molar refractivity (Wildman–Crippen MR) is 78.3 cm³/mol. The van der Waals surface area contributed by atoms with Gasteiger partial charge in [0.25, 0.3) is 5.69 Å². The van der Waals surface area contributed by atoms with Crippen LogP contribution in [0.25, 0.3) is 0 Å². The molecule has 0 aliphatic carbocycles. The zero-order chi connectivity index (χ0) is 16.8. The summed E-state index contributed by atoms with van der Waals surface area (Å²) in [7, 11) is 1.22. The maximum atomic E-state index is 11.7. The standard InChI is InChI=1S/C14H11N3O6/c1-22-13(18)11-3-2-4-12(15-11)16-14(19)23-10-7-5-9(6-8-10)17(20)21/h2-8H,1H3,(H,15,16,19). The largest absolute Gasteiger partial charge is 0.464 e. The van der Waals surface area contributed by atoms with E-state index in [1.807, 2.05) is 0 Å². The lowest BCUT2D eigenvalue weighted by molar-refractivity contribution is -0.384. The summed E-state index contributed by atoms with van der Waals surface area (Å²) in [5.74, 6) is -0.422.